The van der Waals surface area contributed by atoms with E-state index < -0.39 is 29.0 Å². The van der Waals surface area contributed by atoms with Gasteiger partial charge in [0.05, 0.1) is 11.1 Å². The van der Waals surface area contributed by atoms with Crippen LogP contribution in [0, 0.1) is 0 Å². The molecule has 3 rings (SSSR count). The summed E-state index contributed by atoms with van der Waals surface area (Å²) in [5.41, 5.74) is 1.30. The second kappa shape index (κ2) is 6.49. The maximum absolute atomic E-state index is 12.4. The van der Waals surface area contributed by atoms with Gasteiger partial charge in [0.15, 0.2) is 0 Å². The predicted molar refractivity (Wildman–Crippen MR) is 91.7 cm³/mol. The lowest BCUT2D eigenvalue weighted by molar-refractivity contribution is -0.119. The Balaban J connectivity index is 1.76. The number of benzene rings is 2. The van der Waals surface area contributed by atoms with Gasteiger partial charge >= 0.3 is 0 Å². The number of carbonyl (C=O) groups is 4. The Morgan fingerprint density at radius 1 is 0.960 bits per heavy atom. The summed E-state index contributed by atoms with van der Waals surface area (Å²) in [6.07, 6.45) is 0. The summed E-state index contributed by atoms with van der Waals surface area (Å²) in [7, 11) is 0. The van der Waals surface area contributed by atoms with Gasteiger partial charge in [0.1, 0.15) is 6.04 Å². The Labute approximate surface area is 148 Å². The zero-order valence-corrected chi connectivity index (χ0v) is 13.9. The van der Waals surface area contributed by atoms with Gasteiger partial charge < -0.3 is 5.32 Å². The van der Waals surface area contributed by atoms with Crippen LogP contribution >= 0.6 is 11.6 Å². The van der Waals surface area contributed by atoms with Crippen LogP contribution in [0.15, 0.2) is 48.5 Å². The first-order chi connectivity index (χ1) is 11.9. The fourth-order valence-corrected chi connectivity index (χ4v) is 2.73. The third kappa shape index (κ3) is 3.04. The maximum atomic E-state index is 12.4. The van der Waals surface area contributed by atoms with Crippen LogP contribution in [0.5, 0.6) is 0 Å². The van der Waals surface area contributed by atoms with Crippen LogP contribution in [0.25, 0.3) is 0 Å². The summed E-state index contributed by atoms with van der Waals surface area (Å²) >= 11 is 5.37. The second-order valence-electron chi connectivity index (χ2n) is 5.54. The first kappa shape index (κ1) is 16.9. The number of anilines is 1. The number of fused-ring (bicyclic) bond motifs is 1. The molecule has 0 radical (unpaired) electrons. The summed E-state index contributed by atoms with van der Waals surface area (Å²) in [6.45, 7) is 1.48. The van der Waals surface area contributed by atoms with Gasteiger partial charge in [-0.1, -0.05) is 12.1 Å². The molecular weight excluding hydrogens is 344 g/mol. The molecule has 0 aliphatic carbocycles. The third-order valence-electron chi connectivity index (χ3n) is 3.97. The molecule has 6 nitrogen and oxygen atoms in total. The summed E-state index contributed by atoms with van der Waals surface area (Å²) < 4.78 is 0. The van der Waals surface area contributed by atoms with Gasteiger partial charge in [-0.3, -0.25) is 24.1 Å². The minimum Gasteiger partial charge on any atom is -0.324 e. The summed E-state index contributed by atoms with van der Waals surface area (Å²) in [5, 5.41) is 2.01. The summed E-state index contributed by atoms with van der Waals surface area (Å²) in [4.78, 5) is 49.2. The van der Waals surface area contributed by atoms with Crippen molar-refractivity contribution in [1.82, 2.24) is 4.90 Å². The molecule has 1 atom stereocenters. The molecule has 0 aromatic heterocycles. The normalized spacial score (nSPS) is 14.2. The van der Waals surface area contributed by atoms with Crippen LogP contribution in [0.3, 0.4) is 0 Å². The summed E-state index contributed by atoms with van der Waals surface area (Å²) in [6, 6.07) is 11.4. The molecule has 1 aliphatic heterocycles. The van der Waals surface area contributed by atoms with E-state index in [0.29, 0.717) is 11.3 Å². The smallest absolute Gasteiger partial charge is 0.262 e. The molecule has 0 saturated carbocycles. The lowest BCUT2D eigenvalue weighted by Gasteiger charge is -2.21. The molecule has 0 bridgehead atoms. The van der Waals surface area contributed by atoms with Gasteiger partial charge in [-0.05, 0) is 54.9 Å². The van der Waals surface area contributed by atoms with Gasteiger partial charge in [0.2, 0.25) is 5.91 Å². The van der Waals surface area contributed by atoms with Crippen molar-refractivity contribution >= 4 is 40.3 Å². The molecule has 0 unspecified atom stereocenters. The zero-order valence-electron chi connectivity index (χ0n) is 13.2. The highest BCUT2D eigenvalue weighted by Crippen LogP contribution is 2.25. The van der Waals surface area contributed by atoms with Crippen molar-refractivity contribution in [3.63, 3.8) is 0 Å². The van der Waals surface area contributed by atoms with Crippen LogP contribution < -0.4 is 5.32 Å². The zero-order chi connectivity index (χ0) is 18.1. The number of nitrogens with one attached hydrogen (secondary N) is 1. The van der Waals surface area contributed by atoms with Gasteiger partial charge in [0, 0.05) is 11.3 Å². The largest absolute Gasteiger partial charge is 0.324 e. The average Bonchev–Trinajstić information content (AvgIpc) is 2.86. The molecule has 2 aromatic rings. The van der Waals surface area contributed by atoms with E-state index in [1.54, 1.807) is 24.3 Å². The number of halogens is 1. The quantitative estimate of drug-likeness (QED) is 0.674. The second-order valence-corrected chi connectivity index (χ2v) is 5.89. The number of rotatable bonds is 4. The van der Waals surface area contributed by atoms with Crippen LogP contribution in [0.4, 0.5) is 5.69 Å². The maximum Gasteiger partial charge on any atom is 0.262 e. The third-order valence-corrected chi connectivity index (χ3v) is 4.19. The Kier molecular flexibility index (Phi) is 4.37. The molecule has 0 spiro atoms. The minimum absolute atomic E-state index is 0.289. The Morgan fingerprint density at radius 2 is 1.48 bits per heavy atom. The molecular formula is C18H13ClN2O4. The van der Waals surface area contributed by atoms with E-state index in [9.17, 15) is 19.2 Å². The van der Waals surface area contributed by atoms with Crippen molar-refractivity contribution in [2.24, 2.45) is 0 Å². The van der Waals surface area contributed by atoms with Gasteiger partial charge in [-0.15, -0.1) is 0 Å². The van der Waals surface area contributed by atoms with E-state index in [1.165, 1.54) is 31.2 Å². The molecule has 1 N–H and O–H groups in total. The topological polar surface area (TPSA) is 83.6 Å². The van der Waals surface area contributed by atoms with Crippen molar-refractivity contribution in [2.75, 3.05) is 5.32 Å². The van der Waals surface area contributed by atoms with Crippen LogP contribution in [-0.4, -0.2) is 33.9 Å². The number of imide groups is 1. The number of hydrogen-bond acceptors (Lipinski definition) is 4. The average molecular weight is 357 g/mol. The lowest BCUT2D eigenvalue weighted by atomic mass is 10.1. The van der Waals surface area contributed by atoms with Gasteiger partial charge in [-0.25, -0.2) is 0 Å². The number of hydrogen-bond donors (Lipinski definition) is 1. The van der Waals surface area contributed by atoms with E-state index in [2.05, 4.69) is 5.32 Å². The van der Waals surface area contributed by atoms with Crippen LogP contribution in [0.2, 0.25) is 0 Å². The van der Waals surface area contributed by atoms with E-state index in [-0.39, 0.29) is 11.1 Å². The van der Waals surface area contributed by atoms with E-state index in [0.717, 1.165) is 4.90 Å². The molecule has 3 amide bonds. The SMILES string of the molecule is C[C@@H](C(=O)Nc1ccc(C(=O)Cl)cc1)N1C(=O)c2ccccc2C1=O. The monoisotopic (exact) mass is 356 g/mol. The molecule has 7 heteroatoms. The van der Waals surface area contributed by atoms with Crippen molar-refractivity contribution in [2.45, 2.75) is 13.0 Å². The van der Waals surface area contributed by atoms with Crippen LogP contribution in [-0.2, 0) is 4.79 Å². The van der Waals surface area contributed by atoms with Crippen molar-refractivity contribution in [3.8, 4) is 0 Å². The Morgan fingerprint density at radius 3 is 1.96 bits per heavy atom. The van der Waals surface area contributed by atoms with Gasteiger partial charge in [0.25, 0.3) is 17.1 Å². The minimum atomic E-state index is -0.985. The number of carbonyl (C=O) groups excluding carboxylic acids is 4. The fraction of sp³-hybridized carbons (Fsp3) is 0.111. The van der Waals surface area contributed by atoms with Crippen LogP contribution in [0.1, 0.15) is 38.0 Å². The highest BCUT2D eigenvalue weighted by molar-refractivity contribution is 6.67. The van der Waals surface area contributed by atoms with Crippen molar-refractivity contribution < 1.29 is 19.2 Å². The first-order valence-electron chi connectivity index (χ1n) is 7.48. The standard InChI is InChI=1S/C18H13ClN2O4/c1-10(16(23)20-12-8-6-11(7-9-12)15(19)22)21-17(24)13-4-2-3-5-14(13)18(21)25/h2-10H,1H3,(H,20,23)/t10-/m0/s1. The number of nitrogens with zero attached hydrogens (tertiary/aromatic N) is 1. The van der Waals surface area contributed by atoms with Crippen molar-refractivity contribution in [1.29, 1.82) is 0 Å². The van der Waals surface area contributed by atoms with Gasteiger partial charge in [-0.2, -0.15) is 0 Å². The molecule has 1 heterocycles. The molecule has 25 heavy (non-hydrogen) atoms. The molecule has 0 fully saturated rings. The predicted octanol–water partition coefficient (Wildman–Crippen LogP) is 2.69. The molecule has 2 aromatic carbocycles. The fourth-order valence-electron chi connectivity index (χ4n) is 2.61. The highest BCUT2D eigenvalue weighted by Gasteiger charge is 2.40. The molecule has 1 aliphatic rings. The number of amides is 3. The molecule has 0 saturated heterocycles. The summed E-state index contributed by atoms with van der Waals surface area (Å²) in [5.74, 6) is -1.50. The van der Waals surface area contributed by atoms with Crippen molar-refractivity contribution in [3.05, 3.63) is 65.2 Å². The van der Waals surface area contributed by atoms with E-state index in [1.807, 2.05) is 0 Å². The first-order valence-corrected chi connectivity index (χ1v) is 7.85. The molecule has 126 valence electrons. The highest BCUT2D eigenvalue weighted by atomic mass is 35.5. The Hall–Kier alpha value is -2.99. The Bertz CT molecular complexity index is 857. The van der Waals surface area contributed by atoms with E-state index in [4.69, 9.17) is 11.6 Å². The van der Waals surface area contributed by atoms with E-state index >= 15 is 0 Å². The lowest BCUT2D eigenvalue weighted by Crippen LogP contribution is -2.45.